The van der Waals surface area contributed by atoms with Crippen molar-refractivity contribution in [2.75, 3.05) is 0 Å². The maximum Gasteiger partial charge on any atom is 0.416 e. The molecule has 22 rings (SSSR count). The van der Waals surface area contributed by atoms with E-state index in [0.29, 0.717) is 82.3 Å². The largest absolute Gasteiger partial charge is 0.416 e. The molecule has 0 aliphatic heterocycles. The molecule has 0 radical (unpaired) electrons. The monoisotopic (exact) mass is 1650 g/mol. The Morgan fingerprint density at radius 3 is 0.721 bits per heavy atom. The number of fused-ring (bicyclic) bond motifs is 8. The first-order valence-electron chi connectivity index (χ1n) is 43.4. The van der Waals surface area contributed by atoms with Crippen LogP contribution in [0.15, 0.2) is 195 Å². The van der Waals surface area contributed by atoms with E-state index in [1.165, 1.54) is 121 Å². The molecule has 22 heteroatoms. The fourth-order valence-electron chi connectivity index (χ4n) is 20.2. The van der Waals surface area contributed by atoms with Crippen molar-refractivity contribution < 1.29 is 43.9 Å². The topological polar surface area (TPSA) is 166 Å². The van der Waals surface area contributed by atoms with Crippen molar-refractivity contribution in [3.8, 4) is 0 Å². The van der Waals surface area contributed by atoms with Gasteiger partial charge >= 0.3 is 12.4 Å². The summed E-state index contributed by atoms with van der Waals surface area (Å²) in [7, 11) is 0. The van der Waals surface area contributed by atoms with Gasteiger partial charge in [-0.2, -0.15) is 26.3 Å². The zero-order valence-electron chi connectivity index (χ0n) is 67.6. The first kappa shape index (κ1) is 80.3. The van der Waals surface area contributed by atoms with E-state index < -0.39 is 23.5 Å². The van der Waals surface area contributed by atoms with E-state index >= 15 is 0 Å². The Morgan fingerprint density at radius 1 is 0.246 bits per heavy atom. The molecule has 0 unspecified atom stereocenters. The van der Waals surface area contributed by atoms with Crippen molar-refractivity contribution in [1.29, 1.82) is 0 Å². The van der Waals surface area contributed by atoms with Crippen LogP contribution in [0.2, 0.25) is 0 Å². The van der Waals surface area contributed by atoms with E-state index in [2.05, 4.69) is 98.4 Å². The number of H-pyrrole nitrogens is 4. The smallest absolute Gasteiger partial charge is 0.342 e. The lowest BCUT2D eigenvalue weighted by Crippen LogP contribution is -2.16. The molecule has 624 valence electrons. The Balaban J connectivity index is 0.000000107. The van der Waals surface area contributed by atoms with Gasteiger partial charge in [-0.05, 0) is 379 Å². The molecule has 0 atom stereocenters. The van der Waals surface area contributed by atoms with E-state index in [0.717, 1.165) is 215 Å². The second-order valence-corrected chi connectivity index (χ2v) is 35.2. The van der Waals surface area contributed by atoms with Crippen molar-refractivity contribution in [2.24, 2.45) is 23.7 Å². The van der Waals surface area contributed by atoms with Gasteiger partial charge in [-0.15, -0.1) is 0 Å². The highest BCUT2D eigenvalue weighted by Crippen LogP contribution is 2.47. The Kier molecular flexibility index (Phi) is 22.5. The van der Waals surface area contributed by atoms with E-state index in [-0.39, 0.29) is 23.3 Å². The summed E-state index contributed by atoms with van der Waals surface area (Å²) in [6, 6.07) is 48.1. The lowest BCUT2D eigenvalue weighted by atomic mass is 9.77. The van der Waals surface area contributed by atoms with Gasteiger partial charge in [0.15, 0.2) is 0 Å². The summed E-state index contributed by atoms with van der Waals surface area (Å²) in [5.41, 5.74) is 16.3. The summed E-state index contributed by atoms with van der Waals surface area (Å²) < 4.78 is 133. The summed E-state index contributed by atoms with van der Waals surface area (Å²) in [4.78, 5) is 49.5. The number of nitrogens with zero attached hydrogens (tertiary/aromatic N) is 8. The molecular formula is C100H94F10N12. The maximum absolute atomic E-state index is 13.8. The lowest BCUT2D eigenvalue weighted by Gasteiger charge is -2.29. The van der Waals surface area contributed by atoms with E-state index in [1.807, 2.05) is 24.5 Å². The first-order chi connectivity index (χ1) is 59.2. The average Bonchev–Trinajstić information content (AvgIpc) is 1.66. The molecule has 8 heterocycles. The van der Waals surface area contributed by atoms with Crippen LogP contribution in [-0.2, 0) is 38.0 Å². The second-order valence-electron chi connectivity index (χ2n) is 35.2. The van der Waals surface area contributed by atoms with Crippen LogP contribution in [0.4, 0.5) is 43.9 Å². The predicted octanol–water partition coefficient (Wildman–Crippen LogP) is 26.9. The van der Waals surface area contributed by atoms with Gasteiger partial charge in [-0.1, -0.05) is 12.1 Å². The van der Waals surface area contributed by atoms with Crippen LogP contribution in [0.5, 0.6) is 0 Å². The number of rotatable bonds is 14. The number of aromatic amines is 4. The summed E-state index contributed by atoms with van der Waals surface area (Å²) >= 11 is 0. The zero-order chi connectivity index (χ0) is 83.3. The molecule has 6 saturated carbocycles. The fraction of sp³-hybridized carbons (Fsp3) is 0.360. The molecule has 16 aromatic rings. The molecule has 8 aromatic carbocycles. The third kappa shape index (κ3) is 18.2. The second kappa shape index (κ2) is 34.1. The van der Waals surface area contributed by atoms with Crippen LogP contribution in [0.1, 0.15) is 232 Å². The Hall–Kier alpha value is -11.4. The quantitative estimate of drug-likeness (QED) is 0.0781. The molecule has 4 N–H and O–H groups in total. The minimum atomic E-state index is -4.36. The molecule has 0 bridgehead atoms. The standard InChI is InChI=1S/2C26H26FN3.2C24H21F4N3/c2*27-20-8-10-23-22(15-20)21(11-12-28-23)18-3-1-16(2-4-18)13-26-29-24-9-7-19(17-5-6-17)14-25(24)30-26;2*25-17-6-8-20-19(13-17)18(9-10-29-20)15-3-1-14(2-4-15)11-23-30-21-7-5-16(24(26,27)28)12-22(21)31-23/h2*7-12,14-18H,1-6,13H2,(H,29,30);2*5-10,12-15H,1-4,11H2,(H,30,31). The van der Waals surface area contributed by atoms with Crippen LogP contribution < -0.4 is 0 Å². The molecule has 0 spiro atoms. The van der Waals surface area contributed by atoms with Gasteiger partial charge in [-0.3, -0.25) is 19.9 Å². The number of halogens is 10. The van der Waals surface area contributed by atoms with Crippen LogP contribution in [-0.4, -0.2) is 59.8 Å². The summed E-state index contributed by atoms with van der Waals surface area (Å²) in [5.74, 6) is 8.24. The first-order valence-corrected chi connectivity index (χ1v) is 43.4. The molecule has 0 saturated heterocycles. The average molecular weight is 1650 g/mol. The molecule has 6 aliphatic carbocycles. The van der Waals surface area contributed by atoms with Gasteiger partial charge < -0.3 is 19.9 Å². The SMILES string of the molecule is Fc1ccc2nccc(C3CCC(Cc4nc5ccc(C(F)(F)F)cc5[nH]4)CC3)c2c1.Fc1ccc2nccc(C3CCC(Cc4nc5ccc(C(F)(F)F)cc5[nH]4)CC3)c2c1.Fc1ccc2nccc(C3CCC(Cc4nc5ccc(C6CC6)cc5[nH]4)CC3)c2c1.Fc1ccc2nccc(C3CCC(Cc4nc5ccc(C6CC6)cc5[nH]4)CC3)c2c1. The fourth-order valence-corrected chi connectivity index (χ4v) is 20.2. The van der Waals surface area contributed by atoms with Crippen molar-refractivity contribution >= 4 is 87.7 Å². The third-order valence-corrected chi connectivity index (χ3v) is 26.9. The van der Waals surface area contributed by atoms with Gasteiger partial charge in [-0.25, -0.2) is 37.5 Å². The number of pyridine rings is 4. The van der Waals surface area contributed by atoms with E-state index in [9.17, 15) is 43.9 Å². The molecule has 122 heavy (non-hydrogen) atoms. The van der Waals surface area contributed by atoms with Gasteiger partial charge in [0.2, 0.25) is 0 Å². The van der Waals surface area contributed by atoms with E-state index in [1.54, 1.807) is 60.9 Å². The molecule has 0 amide bonds. The minimum absolute atomic E-state index is 0.180. The maximum atomic E-state index is 13.8. The normalized spacial score (nSPS) is 20.9. The van der Waals surface area contributed by atoms with Crippen molar-refractivity contribution in [3.05, 3.63) is 286 Å². The van der Waals surface area contributed by atoms with Crippen LogP contribution in [0.25, 0.3) is 87.7 Å². The van der Waals surface area contributed by atoms with Gasteiger partial charge in [0.05, 0.1) is 77.3 Å². The number of hydrogen-bond donors (Lipinski definition) is 4. The number of nitrogens with one attached hydrogen (secondary N) is 4. The number of imidazole rings is 4. The summed E-state index contributed by atoms with van der Waals surface area (Å²) in [5, 5.41) is 3.71. The molecule has 6 fully saturated rings. The van der Waals surface area contributed by atoms with Gasteiger partial charge in [0, 0.05) is 72.0 Å². The van der Waals surface area contributed by atoms with Crippen LogP contribution in [0, 0.1) is 46.9 Å². The van der Waals surface area contributed by atoms with Crippen molar-refractivity contribution in [2.45, 2.75) is 202 Å². The molecule has 6 aliphatic rings. The zero-order valence-corrected chi connectivity index (χ0v) is 67.6. The lowest BCUT2D eigenvalue weighted by molar-refractivity contribution is -0.138. The third-order valence-electron chi connectivity index (χ3n) is 26.9. The number of alkyl halides is 6. The Labute approximate surface area is 699 Å². The Bertz CT molecular complexity index is 6070. The van der Waals surface area contributed by atoms with Crippen LogP contribution in [0.3, 0.4) is 0 Å². The minimum Gasteiger partial charge on any atom is -0.342 e. The highest BCUT2D eigenvalue weighted by Gasteiger charge is 2.35. The number of aromatic nitrogens is 12. The predicted molar refractivity (Wildman–Crippen MR) is 459 cm³/mol. The number of hydrogen-bond acceptors (Lipinski definition) is 8. The van der Waals surface area contributed by atoms with Gasteiger partial charge in [0.1, 0.15) is 46.6 Å². The summed E-state index contributed by atoms with van der Waals surface area (Å²) in [6.07, 6.45) is 24.6. The van der Waals surface area contributed by atoms with Gasteiger partial charge in [0.25, 0.3) is 0 Å². The highest BCUT2D eigenvalue weighted by molar-refractivity contribution is 5.86. The molecule has 12 nitrogen and oxygen atoms in total. The summed E-state index contributed by atoms with van der Waals surface area (Å²) in [6.45, 7) is 0. The molecule has 8 aromatic heterocycles. The van der Waals surface area contributed by atoms with Crippen molar-refractivity contribution in [3.63, 3.8) is 0 Å². The van der Waals surface area contributed by atoms with Crippen LogP contribution >= 0.6 is 0 Å². The Morgan fingerprint density at radius 2 is 0.475 bits per heavy atom. The highest BCUT2D eigenvalue weighted by atomic mass is 19.4. The molecular weight excluding hydrogens is 1560 g/mol. The van der Waals surface area contributed by atoms with Crippen molar-refractivity contribution in [1.82, 2.24) is 59.8 Å². The van der Waals surface area contributed by atoms with E-state index in [4.69, 9.17) is 9.97 Å². The number of benzene rings is 8.